The van der Waals surface area contributed by atoms with Crippen LogP contribution in [0.4, 0.5) is 0 Å². The molecule has 0 unspecified atom stereocenters. The summed E-state index contributed by atoms with van der Waals surface area (Å²) in [6.07, 6.45) is 4.50. The lowest BCUT2D eigenvalue weighted by atomic mass is 10.1. The van der Waals surface area contributed by atoms with Gasteiger partial charge in [-0.3, -0.25) is 4.79 Å². The smallest absolute Gasteiger partial charge is 0.305 e. The van der Waals surface area contributed by atoms with E-state index < -0.39 is 0 Å². The van der Waals surface area contributed by atoms with E-state index in [0.717, 1.165) is 32.5 Å². The highest BCUT2D eigenvalue weighted by Gasteiger charge is 2.04. The zero-order valence-corrected chi connectivity index (χ0v) is 12.9. The van der Waals surface area contributed by atoms with Crippen molar-refractivity contribution in [2.75, 3.05) is 13.7 Å². The lowest BCUT2D eigenvalue weighted by Gasteiger charge is -2.07. The Bertz CT molecular complexity index is 589. The summed E-state index contributed by atoms with van der Waals surface area (Å²) in [6.45, 7) is 4.95. The molecule has 1 aromatic carbocycles. The second kappa shape index (κ2) is 7.84. The van der Waals surface area contributed by atoms with E-state index >= 15 is 0 Å². The van der Waals surface area contributed by atoms with Crippen LogP contribution in [0.3, 0.4) is 0 Å². The first kappa shape index (κ1) is 15.6. The highest BCUT2D eigenvalue weighted by Crippen LogP contribution is 2.18. The third-order valence-electron chi connectivity index (χ3n) is 3.60. The van der Waals surface area contributed by atoms with Crippen LogP contribution in [0.15, 0.2) is 30.5 Å². The monoisotopic (exact) mass is 288 g/mol. The molecule has 0 fully saturated rings. The summed E-state index contributed by atoms with van der Waals surface area (Å²) in [7, 11) is 1.43. The zero-order chi connectivity index (χ0) is 15.1. The summed E-state index contributed by atoms with van der Waals surface area (Å²) in [4.78, 5) is 11.2. The number of aromatic nitrogens is 1. The van der Waals surface area contributed by atoms with Crippen LogP contribution in [-0.2, 0) is 22.6 Å². The van der Waals surface area contributed by atoms with E-state index in [-0.39, 0.29) is 5.97 Å². The molecule has 0 aliphatic heterocycles. The number of ether oxygens (including phenoxy) is 1. The molecule has 4 nitrogen and oxygen atoms in total. The molecule has 0 amide bonds. The van der Waals surface area contributed by atoms with Gasteiger partial charge in [-0.05, 0) is 42.5 Å². The molecule has 1 N–H and O–H groups in total. The fourth-order valence-corrected chi connectivity index (χ4v) is 2.44. The van der Waals surface area contributed by atoms with Gasteiger partial charge in [0.2, 0.25) is 0 Å². The number of benzene rings is 1. The minimum atomic E-state index is -0.143. The minimum Gasteiger partial charge on any atom is -0.469 e. The van der Waals surface area contributed by atoms with Crippen molar-refractivity contribution in [1.82, 2.24) is 9.88 Å². The van der Waals surface area contributed by atoms with E-state index in [9.17, 15) is 4.79 Å². The summed E-state index contributed by atoms with van der Waals surface area (Å²) in [5, 5.41) is 4.67. The Labute approximate surface area is 126 Å². The average Bonchev–Trinajstić information content (AvgIpc) is 2.90. The van der Waals surface area contributed by atoms with Crippen molar-refractivity contribution in [3.63, 3.8) is 0 Å². The van der Waals surface area contributed by atoms with Gasteiger partial charge in [-0.25, -0.2) is 0 Å². The number of rotatable bonds is 8. The van der Waals surface area contributed by atoms with Gasteiger partial charge in [-0.2, -0.15) is 0 Å². The van der Waals surface area contributed by atoms with E-state index in [4.69, 9.17) is 0 Å². The Hall–Kier alpha value is -1.81. The molecule has 0 bridgehead atoms. The fourth-order valence-electron chi connectivity index (χ4n) is 2.44. The van der Waals surface area contributed by atoms with Crippen LogP contribution in [0.1, 0.15) is 31.7 Å². The molecular weight excluding hydrogens is 264 g/mol. The molecule has 1 aromatic heterocycles. The number of esters is 1. The molecule has 0 aliphatic rings. The van der Waals surface area contributed by atoms with Crippen molar-refractivity contribution in [1.29, 1.82) is 0 Å². The first-order chi connectivity index (χ1) is 10.2. The van der Waals surface area contributed by atoms with Crippen LogP contribution < -0.4 is 5.32 Å². The van der Waals surface area contributed by atoms with Gasteiger partial charge in [0.25, 0.3) is 0 Å². The van der Waals surface area contributed by atoms with Gasteiger partial charge in [0, 0.05) is 31.2 Å². The lowest BCUT2D eigenvalue weighted by molar-refractivity contribution is -0.140. The maximum Gasteiger partial charge on any atom is 0.305 e. The van der Waals surface area contributed by atoms with Crippen molar-refractivity contribution in [2.45, 2.75) is 39.3 Å². The summed E-state index contributed by atoms with van der Waals surface area (Å²) in [5.74, 6) is -0.143. The van der Waals surface area contributed by atoms with Gasteiger partial charge in [0.1, 0.15) is 0 Å². The maximum absolute atomic E-state index is 11.2. The molecule has 0 saturated heterocycles. The molecule has 1 heterocycles. The molecule has 4 heteroatoms. The van der Waals surface area contributed by atoms with Crippen LogP contribution in [0, 0.1) is 0 Å². The van der Waals surface area contributed by atoms with Crippen LogP contribution in [0.2, 0.25) is 0 Å². The van der Waals surface area contributed by atoms with E-state index in [1.54, 1.807) is 0 Å². The molecule has 0 aliphatic carbocycles. The predicted octanol–water partition coefficient (Wildman–Crippen LogP) is 3.09. The number of hydrogen-bond acceptors (Lipinski definition) is 3. The number of nitrogens with zero attached hydrogens (tertiary/aromatic N) is 1. The van der Waals surface area contributed by atoms with E-state index in [2.05, 4.69) is 52.0 Å². The SMILES string of the molecule is CCCNCc1ccc2ccn(CCCC(=O)OC)c2c1. The third kappa shape index (κ3) is 4.33. The number of nitrogens with one attached hydrogen (secondary N) is 1. The second-order valence-electron chi connectivity index (χ2n) is 5.26. The van der Waals surface area contributed by atoms with Gasteiger partial charge in [-0.1, -0.05) is 19.1 Å². The quantitative estimate of drug-likeness (QED) is 0.599. The van der Waals surface area contributed by atoms with Crippen molar-refractivity contribution >= 4 is 16.9 Å². The fraction of sp³-hybridized carbons (Fsp3) is 0.471. The normalized spacial score (nSPS) is 11.0. The van der Waals surface area contributed by atoms with E-state index in [0.29, 0.717) is 6.42 Å². The van der Waals surface area contributed by atoms with Gasteiger partial charge < -0.3 is 14.6 Å². The number of carbonyl (C=O) groups is 1. The summed E-state index contributed by atoms with van der Waals surface area (Å²) in [5.41, 5.74) is 2.53. The Morgan fingerprint density at radius 3 is 2.95 bits per heavy atom. The molecule has 21 heavy (non-hydrogen) atoms. The molecule has 0 atom stereocenters. The molecule has 0 radical (unpaired) electrons. The number of fused-ring (bicyclic) bond motifs is 1. The van der Waals surface area contributed by atoms with Crippen LogP contribution in [0.5, 0.6) is 0 Å². The molecule has 2 aromatic rings. The third-order valence-corrected chi connectivity index (χ3v) is 3.60. The van der Waals surface area contributed by atoms with Crippen molar-refractivity contribution < 1.29 is 9.53 Å². The molecule has 2 rings (SSSR count). The largest absolute Gasteiger partial charge is 0.469 e. The standard InChI is InChI=1S/C17H24N2O2/c1-3-9-18-13-14-6-7-15-8-11-19(16(15)12-14)10-4-5-17(20)21-2/h6-8,11-12,18H,3-5,9-10,13H2,1-2H3. The van der Waals surface area contributed by atoms with Gasteiger partial charge in [0.05, 0.1) is 7.11 Å². The minimum absolute atomic E-state index is 0.143. The number of hydrogen-bond donors (Lipinski definition) is 1. The summed E-state index contributed by atoms with van der Waals surface area (Å²) < 4.78 is 6.88. The van der Waals surface area contributed by atoms with Gasteiger partial charge in [-0.15, -0.1) is 0 Å². The maximum atomic E-state index is 11.2. The lowest BCUT2D eigenvalue weighted by Crippen LogP contribution is -2.13. The summed E-state index contributed by atoms with van der Waals surface area (Å²) in [6, 6.07) is 8.69. The van der Waals surface area contributed by atoms with Gasteiger partial charge in [0.15, 0.2) is 0 Å². The van der Waals surface area contributed by atoms with Crippen LogP contribution in [0.25, 0.3) is 10.9 Å². The zero-order valence-electron chi connectivity index (χ0n) is 12.9. The average molecular weight is 288 g/mol. The van der Waals surface area contributed by atoms with E-state index in [1.165, 1.54) is 23.6 Å². The Morgan fingerprint density at radius 2 is 2.19 bits per heavy atom. The first-order valence-electron chi connectivity index (χ1n) is 7.60. The van der Waals surface area contributed by atoms with Gasteiger partial charge >= 0.3 is 5.97 Å². The molecule has 0 spiro atoms. The Kier molecular flexibility index (Phi) is 5.81. The first-order valence-corrected chi connectivity index (χ1v) is 7.60. The van der Waals surface area contributed by atoms with Crippen molar-refractivity contribution in [3.8, 4) is 0 Å². The van der Waals surface area contributed by atoms with E-state index in [1.807, 2.05) is 0 Å². The molecular formula is C17H24N2O2. The van der Waals surface area contributed by atoms with Crippen molar-refractivity contribution in [2.24, 2.45) is 0 Å². The number of methoxy groups -OCH3 is 1. The highest BCUT2D eigenvalue weighted by molar-refractivity contribution is 5.80. The number of carbonyl (C=O) groups excluding carboxylic acids is 1. The predicted molar refractivity (Wildman–Crippen MR) is 85.2 cm³/mol. The second-order valence-corrected chi connectivity index (χ2v) is 5.26. The topological polar surface area (TPSA) is 43.3 Å². The van der Waals surface area contributed by atoms with Crippen molar-refractivity contribution in [3.05, 3.63) is 36.0 Å². The molecule has 114 valence electrons. The number of aryl methyl sites for hydroxylation is 1. The summed E-state index contributed by atoms with van der Waals surface area (Å²) >= 11 is 0. The highest BCUT2D eigenvalue weighted by atomic mass is 16.5. The Morgan fingerprint density at radius 1 is 1.33 bits per heavy atom. The van der Waals surface area contributed by atoms with Crippen LogP contribution in [-0.4, -0.2) is 24.2 Å². The Balaban J connectivity index is 2.02. The van der Waals surface area contributed by atoms with Crippen LogP contribution >= 0.6 is 0 Å². The molecule has 0 saturated carbocycles.